The molecule has 0 saturated heterocycles. The van der Waals surface area contributed by atoms with E-state index in [1.807, 2.05) is 24.3 Å². The highest BCUT2D eigenvalue weighted by Crippen LogP contribution is 2.28. The zero-order valence-electron chi connectivity index (χ0n) is 11.3. The van der Waals surface area contributed by atoms with Gasteiger partial charge in [0.05, 0.1) is 13.3 Å². The molecule has 106 valence electrons. The minimum atomic E-state index is -0.478. The number of hydrogen-bond donors (Lipinski definition) is 1. The van der Waals surface area contributed by atoms with E-state index < -0.39 is 5.82 Å². The second-order valence-corrected chi connectivity index (χ2v) is 4.39. The number of halogens is 1. The Morgan fingerprint density at radius 3 is 2.62 bits per heavy atom. The second kappa shape index (κ2) is 5.24. The first kappa shape index (κ1) is 13.1. The zero-order valence-corrected chi connectivity index (χ0v) is 11.3. The number of aromatic nitrogens is 3. The van der Waals surface area contributed by atoms with Gasteiger partial charge in [-0.15, -0.1) is 0 Å². The van der Waals surface area contributed by atoms with E-state index in [4.69, 9.17) is 10.5 Å². The number of anilines is 1. The molecule has 3 rings (SSSR count). The monoisotopic (exact) mass is 284 g/mol. The summed E-state index contributed by atoms with van der Waals surface area (Å²) >= 11 is 0. The standard InChI is InChI=1S/C15H13FN4O/c1-21-11-6-4-10(5-7-11)12-9-19-20(14(12)17)15-13(16)3-2-8-18-15/h2-9H,17H2,1H3. The Morgan fingerprint density at radius 2 is 1.95 bits per heavy atom. The highest BCUT2D eigenvalue weighted by atomic mass is 19.1. The Morgan fingerprint density at radius 1 is 1.19 bits per heavy atom. The number of pyridine rings is 1. The van der Waals surface area contributed by atoms with E-state index in [0.29, 0.717) is 11.4 Å². The average Bonchev–Trinajstić information content (AvgIpc) is 2.89. The Hall–Kier alpha value is -2.89. The first-order valence-electron chi connectivity index (χ1n) is 6.29. The van der Waals surface area contributed by atoms with Gasteiger partial charge in [-0.05, 0) is 29.8 Å². The predicted molar refractivity (Wildman–Crippen MR) is 77.7 cm³/mol. The van der Waals surface area contributed by atoms with E-state index >= 15 is 0 Å². The molecule has 0 aliphatic rings. The third kappa shape index (κ3) is 2.31. The van der Waals surface area contributed by atoms with Crippen LogP contribution in [0.5, 0.6) is 5.75 Å². The van der Waals surface area contributed by atoms with Crippen molar-refractivity contribution in [3.05, 3.63) is 54.6 Å². The molecule has 0 spiro atoms. The quantitative estimate of drug-likeness (QED) is 0.803. The molecule has 0 amide bonds. The lowest BCUT2D eigenvalue weighted by molar-refractivity contribution is 0.415. The molecule has 0 bridgehead atoms. The first-order chi connectivity index (χ1) is 10.2. The Balaban J connectivity index is 2.05. The molecule has 2 heterocycles. The van der Waals surface area contributed by atoms with E-state index in [2.05, 4.69) is 10.1 Å². The van der Waals surface area contributed by atoms with Crippen molar-refractivity contribution >= 4 is 5.82 Å². The van der Waals surface area contributed by atoms with Crippen LogP contribution in [-0.4, -0.2) is 21.9 Å². The van der Waals surface area contributed by atoms with Crippen LogP contribution >= 0.6 is 0 Å². The van der Waals surface area contributed by atoms with E-state index in [1.165, 1.54) is 23.0 Å². The highest BCUT2D eigenvalue weighted by Gasteiger charge is 2.14. The smallest absolute Gasteiger partial charge is 0.191 e. The number of rotatable bonds is 3. The maximum absolute atomic E-state index is 13.8. The predicted octanol–water partition coefficient (Wildman–Crippen LogP) is 2.66. The van der Waals surface area contributed by atoms with Crippen molar-refractivity contribution in [2.45, 2.75) is 0 Å². The SMILES string of the molecule is COc1ccc(-c2cnn(-c3ncccc3F)c2N)cc1. The van der Waals surface area contributed by atoms with E-state index in [0.717, 1.165) is 11.3 Å². The third-order valence-corrected chi connectivity index (χ3v) is 3.15. The van der Waals surface area contributed by atoms with E-state index in [9.17, 15) is 4.39 Å². The molecule has 0 aliphatic carbocycles. The molecule has 2 aromatic heterocycles. The van der Waals surface area contributed by atoms with Crippen LogP contribution in [0.4, 0.5) is 10.2 Å². The molecule has 1 aromatic carbocycles. The molecule has 0 fully saturated rings. The summed E-state index contributed by atoms with van der Waals surface area (Å²) in [6, 6.07) is 10.2. The number of methoxy groups -OCH3 is 1. The fraction of sp³-hybridized carbons (Fsp3) is 0.0667. The van der Waals surface area contributed by atoms with E-state index in [-0.39, 0.29) is 5.82 Å². The summed E-state index contributed by atoms with van der Waals surface area (Å²) in [5.74, 6) is 0.682. The van der Waals surface area contributed by atoms with Crippen LogP contribution in [-0.2, 0) is 0 Å². The molecule has 0 atom stereocenters. The van der Waals surface area contributed by atoms with Crippen molar-refractivity contribution in [2.75, 3.05) is 12.8 Å². The van der Waals surface area contributed by atoms with Gasteiger partial charge in [0.1, 0.15) is 11.6 Å². The lowest BCUT2D eigenvalue weighted by atomic mass is 10.1. The van der Waals surface area contributed by atoms with Crippen molar-refractivity contribution in [1.29, 1.82) is 0 Å². The lowest BCUT2D eigenvalue weighted by Crippen LogP contribution is -2.06. The van der Waals surface area contributed by atoms with Crippen LogP contribution in [0.3, 0.4) is 0 Å². The maximum atomic E-state index is 13.8. The first-order valence-corrected chi connectivity index (χ1v) is 6.29. The van der Waals surface area contributed by atoms with Crippen LogP contribution < -0.4 is 10.5 Å². The number of nitrogens with zero attached hydrogens (tertiary/aromatic N) is 3. The zero-order chi connectivity index (χ0) is 14.8. The molecule has 21 heavy (non-hydrogen) atoms. The highest BCUT2D eigenvalue weighted by molar-refractivity contribution is 5.74. The van der Waals surface area contributed by atoms with Gasteiger partial charge in [0.25, 0.3) is 0 Å². The molecule has 2 N–H and O–H groups in total. The summed E-state index contributed by atoms with van der Waals surface area (Å²) in [5, 5.41) is 4.12. The molecule has 0 aliphatic heterocycles. The summed E-state index contributed by atoms with van der Waals surface area (Å²) in [7, 11) is 1.60. The van der Waals surface area contributed by atoms with Gasteiger partial charge in [0, 0.05) is 11.8 Å². The number of hydrogen-bond acceptors (Lipinski definition) is 4. The van der Waals surface area contributed by atoms with Crippen LogP contribution in [0.15, 0.2) is 48.8 Å². The molecular weight excluding hydrogens is 271 g/mol. The minimum absolute atomic E-state index is 0.0785. The van der Waals surface area contributed by atoms with Crippen LogP contribution in [0.1, 0.15) is 0 Å². The molecule has 0 radical (unpaired) electrons. The summed E-state index contributed by atoms with van der Waals surface area (Å²) < 4.78 is 20.2. The normalized spacial score (nSPS) is 10.6. The molecule has 0 saturated carbocycles. The molecular formula is C15H13FN4O. The largest absolute Gasteiger partial charge is 0.497 e. The Bertz CT molecular complexity index is 768. The van der Waals surface area contributed by atoms with Crippen molar-refractivity contribution in [3.8, 4) is 22.7 Å². The molecule has 5 nitrogen and oxygen atoms in total. The summed E-state index contributed by atoms with van der Waals surface area (Å²) in [4.78, 5) is 3.97. The van der Waals surface area contributed by atoms with Gasteiger partial charge in [-0.1, -0.05) is 12.1 Å². The Kier molecular flexibility index (Phi) is 3.27. The topological polar surface area (TPSA) is 66.0 Å². The van der Waals surface area contributed by atoms with Crippen molar-refractivity contribution < 1.29 is 9.13 Å². The van der Waals surface area contributed by atoms with E-state index in [1.54, 1.807) is 13.3 Å². The Labute approximate surface area is 120 Å². The average molecular weight is 284 g/mol. The van der Waals surface area contributed by atoms with Gasteiger partial charge in [-0.25, -0.2) is 9.37 Å². The number of nitrogen functional groups attached to an aromatic ring is 1. The molecule has 3 aromatic rings. The fourth-order valence-electron chi connectivity index (χ4n) is 2.05. The minimum Gasteiger partial charge on any atom is -0.497 e. The van der Waals surface area contributed by atoms with Gasteiger partial charge in [0.2, 0.25) is 0 Å². The van der Waals surface area contributed by atoms with Crippen molar-refractivity contribution in [2.24, 2.45) is 0 Å². The van der Waals surface area contributed by atoms with Gasteiger partial charge in [0.15, 0.2) is 11.6 Å². The molecule has 6 heteroatoms. The third-order valence-electron chi connectivity index (χ3n) is 3.15. The van der Waals surface area contributed by atoms with Crippen LogP contribution in [0, 0.1) is 5.82 Å². The number of nitrogens with two attached hydrogens (primary N) is 1. The fourth-order valence-corrected chi connectivity index (χ4v) is 2.05. The van der Waals surface area contributed by atoms with Gasteiger partial charge in [-0.3, -0.25) is 0 Å². The van der Waals surface area contributed by atoms with Crippen molar-refractivity contribution in [1.82, 2.24) is 14.8 Å². The second-order valence-electron chi connectivity index (χ2n) is 4.39. The lowest BCUT2D eigenvalue weighted by Gasteiger charge is -2.06. The molecule has 0 unspecified atom stereocenters. The maximum Gasteiger partial charge on any atom is 0.191 e. The summed E-state index contributed by atoms with van der Waals surface area (Å²) in [6.07, 6.45) is 3.08. The number of benzene rings is 1. The van der Waals surface area contributed by atoms with Gasteiger partial charge in [-0.2, -0.15) is 9.78 Å². The van der Waals surface area contributed by atoms with Crippen LogP contribution in [0.2, 0.25) is 0 Å². The van der Waals surface area contributed by atoms with Crippen LogP contribution in [0.25, 0.3) is 16.9 Å². The number of ether oxygens (including phenoxy) is 1. The summed E-state index contributed by atoms with van der Waals surface area (Å²) in [6.45, 7) is 0. The van der Waals surface area contributed by atoms with Gasteiger partial charge < -0.3 is 10.5 Å². The van der Waals surface area contributed by atoms with Gasteiger partial charge >= 0.3 is 0 Å². The van der Waals surface area contributed by atoms with Crippen molar-refractivity contribution in [3.63, 3.8) is 0 Å². The summed E-state index contributed by atoms with van der Waals surface area (Å²) in [5.41, 5.74) is 7.65.